The Balaban J connectivity index is 1.65. The molecule has 0 unspecified atom stereocenters. The number of ether oxygens (including phenoxy) is 3. The molecule has 1 fully saturated rings. The van der Waals surface area contributed by atoms with Gasteiger partial charge in [-0.15, -0.1) is 0 Å². The van der Waals surface area contributed by atoms with E-state index < -0.39 is 29.0 Å². The van der Waals surface area contributed by atoms with Crippen molar-refractivity contribution in [3.05, 3.63) is 48.0 Å². The molecule has 1 aliphatic heterocycles. The van der Waals surface area contributed by atoms with Crippen LogP contribution in [0.2, 0.25) is 0 Å². The molecule has 0 saturated carbocycles. The standard InChI is InChI=1S/C21H22F4N4O5S2/c1-13(17-7-4-15(33-19(22)23)12-18(17)34-20(24)25)27-28-21(35)26-14-2-5-16(6-3-14)36(30,31)29-8-10-32-11-9-29/h2-7,12,19-20H,8-11H2,1H3,(H2,26,28,35)/b27-13+. The molecular formula is C21H22F4N4O5S2. The third kappa shape index (κ3) is 7.49. The Labute approximate surface area is 210 Å². The number of hydrogen-bond acceptors (Lipinski definition) is 7. The molecule has 3 rings (SSSR count). The normalized spacial score (nSPS) is 15.1. The monoisotopic (exact) mass is 550 g/mol. The summed E-state index contributed by atoms with van der Waals surface area (Å²) in [7, 11) is -3.64. The number of nitrogens with one attached hydrogen (secondary N) is 2. The van der Waals surface area contributed by atoms with Gasteiger partial charge in [0.2, 0.25) is 10.0 Å². The number of nitrogens with zero attached hydrogens (tertiary/aromatic N) is 2. The van der Waals surface area contributed by atoms with E-state index in [2.05, 4.69) is 25.3 Å². The van der Waals surface area contributed by atoms with Crippen molar-refractivity contribution in [1.82, 2.24) is 9.73 Å². The van der Waals surface area contributed by atoms with E-state index in [0.29, 0.717) is 18.9 Å². The average Bonchev–Trinajstić information content (AvgIpc) is 2.83. The molecular weight excluding hydrogens is 528 g/mol. The second-order valence-electron chi connectivity index (χ2n) is 7.22. The summed E-state index contributed by atoms with van der Waals surface area (Å²) in [5.41, 5.74) is 3.24. The van der Waals surface area contributed by atoms with Gasteiger partial charge in [-0.25, -0.2) is 8.42 Å². The van der Waals surface area contributed by atoms with Crippen molar-refractivity contribution in [3.8, 4) is 11.5 Å². The second-order valence-corrected chi connectivity index (χ2v) is 9.57. The molecule has 0 radical (unpaired) electrons. The zero-order valence-corrected chi connectivity index (χ0v) is 20.4. The largest absolute Gasteiger partial charge is 0.435 e. The molecule has 36 heavy (non-hydrogen) atoms. The molecule has 15 heteroatoms. The van der Waals surface area contributed by atoms with Crippen LogP contribution in [0.5, 0.6) is 11.5 Å². The second kappa shape index (κ2) is 12.3. The summed E-state index contributed by atoms with van der Waals surface area (Å²) in [5.74, 6) is -0.774. The van der Waals surface area contributed by atoms with Gasteiger partial charge in [-0.1, -0.05) is 0 Å². The van der Waals surface area contributed by atoms with Crippen LogP contribution in [-0.2, 0) is 14.8 Å². The van der Waals surface area contributed by atoms with Crippen LogP contribution < -0.4 is 20.2 Å². The molecule has 2 aromatic carbocycles. The number of morpholine rings is 1. The van der Waals surface area contributed by atoms with E-state index in [1.807, 2.05) is 0 Å². The minimum absolute atomic E-state index is 0.0205. The summed E-state index contributed by atoms with van der Waals surface area (Å²) in [5, 5.41) is 6.84. The Morgan fingerprint density at radius 3 is 2.31 bits per heavy atom. The smallest absolute Gasteiger partial charge is 0.387 e. The van der Waals surface area contributed by atoms with E-state index in [-0.39, 0.29) is 40.1 Å². The molecule has 2 aromatic rings. The first kappa shape index (κ1) is 27.6. The number of sulfonamides is 1. The molecule has 2 N–H and O–H groups in total. The molecule has 196 valence electrons. The van der Waals surface area contributed by atoms with Crippen molar-refractivity contribution < 1.29 is 40.2 Å². The lowest BCUT2D eigenvalue weighted by molar-refractivity contribution is -0.0543. The zero-order valence-electron chi connectivity index (χ0n) is 18.8. The number of hydrogen-bond donors (Lipinski definition) is 2. The van der Waals surface area contributed by atoms with Crippen molar-refractivity contribution in [3.63, 3.8) is 0 Å². The van der Waals surface area contributed by atoms with Gasteiger partial charge in [-0.3, -0.25) is 5.43 Å². The van der Waals surface area contributed by atoms with Crippen LogP contribution in [0.25, 0.3) is 0 Å². The van der Waals surface area contributed by atoms with Crippen molar-refractivity contribution >= 4 is 38.8 Å². The number of hydrazone groups is 1. The highest BCUT2D eigenvalue weighted by atomic mass is 32.2. The third-order valence-corrected chi connectivity index (χ3v) is 6.94. The maximum atomic E-state index is 12.8. The highest BCUT2D eigenvalue weighted by Crippen LogP contribution is 2.28. The van der Waals surface area contributed by atoms with Crippen LogP contribution in [0.15, 0.2) is 52.5 Å². The molecule has 0 amide bonds. The Kier molecular flexibility index (Phi) is 9.42. The van der Waals surface area contributed by atoms with Crippen LogP contribution in [0, 0.1) is 0 Å². The van der Waals surface area contributed by atoms with Gasteiger partial charge in [-0.2, -0.15) is 27.0 Å². The van der Waals surface area contributed by atoms with E-state index in [1.165, 1.54) is 41.6 Å². The van der Waals surface area contributed by atoms with Gasteiger partial charge in [0.25, 0.3) is 0 Å². The maximum absolute atomic E-state index is 12.8. The minimum Gasteiger partial charge on any atom is -0.435 e. The van der Waals surface area contributed by atoms with Gasteiger partial charge in [0.15, 0.2) is 5.11 Å². The van der Waals surface area contributed by atoms with Gasteiger partial charge in [0, 0.05) is 30.4 Å². The lowest BCUT2D eigenvalue weighted by Gasteiger charge is -2.26. The molecule has 0 atom stereocenters. The third-order valence-electron chi connectivity index (χ3n) is 4.83. The fraction of sp³-hybridized carbons (Fsp3) is 0.333. The summed E-state index contributed by atoms with van der Waals surface area (Å²) < 4.78 is 90.9. The van der Waals surface area contributed by atoms with Gasteiger partial charge in [0.05, 0.1) is 23.8 Å². The van der Waals surface area contributed by atoms with E-state index in [9.17, 15) is 26.0 Å². The number of halogens is 4. The highest BCUT2D eigenvalue weighted by molar-refractivity contribution is 7.89. The number of rotatable bonds is 9. The van der Waals surface area contributed by atoms with E-state index in [4.69, 9.17) is 17.0 Å². The molecule has 1 saturated heterocycles. The van der Waals surface area contributed by atoms with Crippen molar-refractivity contribution in [2.24, 2.45) is 5.10 Å². The van der Waals surface area contributed by atoms with Crippen molar-refractivity contribution in [1.29, 1.82) is 0 Å². The lowest BCUT2D eigenvalue weighted by atomic mass is 10.1. The lowest BCUT2D eigenvalue weighted by Crippen LogP contribution is -2.40. The summed E-state index contributed by atoms with van der Waals surface area (Å²) >= 11 is 5.16. The predicted octanol–water partition coefficient (Wildman–Crippen LogP) is 3.62. The van der Waals surface area contributed by atoms with Gasteiger partial charge < -0.3 is 19.5 Å². The quantitative estimate of drug-likeness (QED) is 0.211. The Hall–Kier alpha value is -3.01. The van der Waals surface area contributed by atoms with Crippen LogP contribution in [0.4, 0.5) is 23.2 Å². The molecule has 0 bridgehead atoms. The van der Waals surface area contributed by atoms with Crippen molar-refractivity contribution in [2.75, 3.05) is 31.6 Å². The Morgan fingerprint density at radius 2 is 1.69 bits per heavy atom. The molecule has 1 heterocycles. The van der Waals surface area contributed by atoms with Crippen LogP contribution in [-0.4, -0.2) is 63.1 Å². The molecule has 9 nitrogen and oxygen atoms in total. The fourth-order valence-corrected chi connectivity index (χ4v) is 4.74. The molecule has 0 aliphatic carbocycles. The number of thiocarbonyl (C=S) groups is 1. The summed E-state index contributed by atoms with van der Waals surface area (Å²) in [6.07, 6.45) is 0. The molecule has 0 spiro atoms. The molecule has 0 aromatic heterocycles. The van der Waals surface area contributed by atoms with Crippen molar-refractivity contribution in [2.45, 2.75) is 25.0 Å². The minimum atomic E-state index is -3.64. The van der Waals surface area contributed by atoms with Crippen LogP contribution >= 0.6 is 12.2 Å². The first-order chi connectivity index (χ1) is 17.1. The maximum Gasteiger partial charge on any atom is 0.387 e. The van der Waals surface area contributed by atoms with E-state index in [1.54, 1.807) is 0 Å². The topological polar surface area (TPSA) is 101 Å². The Bertz CT molecular complexity index is 1190. The summed E-state index contributed by atoms with van der Waals surface area (Å²) in [4.78, 5) is 0.119. The molecule has 1 aliphatic rings. The number of alkyl halides is 4. The SMILES string of the molecule is C/C(=N\NC(=S)Nc1ccc(S(=O)(=O)N2CCOCC2)cc1)c1ccc(OC(F)F)cc1OC(F)F. The average molecular weight is 551 g/mol. The van der Waals surface area contributed by atoms with Gasteiger partial charge in [-0.05, 0) is 55.5 Å². The number of benzene rings is 2. The fourth-order valence-electron chi connectivity index (χ4n) is 3.17. The van der Waals surface area contributed by atoms with Crippen LogP contribution in [0.3, 0.4) is 0 Å². The highest BCUT2D eigenvalue weighted by Gasteiger charge is 2.26. The predicted molar refractivity (Wildman–Crippen MR) is 127 cm³/mol. The van der Waals surface area contributed by atoms with Crippen LogP contribution in [0.1, 0.15) is 12.5 Å². The summed E-state index contributed by atoms with van der Waals surface area (Å²) in [6, 6.07) is 9.20. The zero-order chi connectivity index (χ0) is 26.3. The van der Waals surface area contributed by atoms with Gasteiger partial charge >= 0.3 is 13.2 Å². The summed E-state index contributed by atoms with van der Waals surface area (Å²) in [6.45, 7) is -3.65. The van der Waals surface area contributed by atoms with Gasteiger partial charge in [0.1, 0.15) is 11.5 Å². The number of anilines is 1. The Morgan fingerprint density at radius 1 is 1.06 bits per heavy atom. The van der Waals surface area contributed by atoms with E-state index in [0.717, 1.165) is 12.1 Å². The van der Waals surface area contributed by atoms with E-state index >= 15 is 0 Å². The first-order valence-electron chi connectivity index (χ1n) is 10.4. The first-order valence-corrected chi connectivity index (χ1v) is 12.2.